The third-order valence-electron chi connectivity index (χ3n) is 4.21. The summed E-state index contributed by atoms with van der Waals surface area (Å²) in [5.74, 6) is 0. The molecule has 0 saturated carbocycles. The minimum absolute atomic E-state index is 0.0853. The maximum absolute atomic E-state index is 10.7. The second-order valence-electron chi connectivity index (χ2n) is 5.14. The molecule has 1 aromatic rings. The molecule has 2 saturated heterocycles. The highest BCUT2D eigenvalue weighted by Gasteiger charge is 2.56. The van der Waals surface area contributed by atoms with Crippen LogP contribution in [-0.4, -0.2) is 23.9 Å². The lowest BCUT2D eigenvalue weighted by atomic mass is 9.69. The summed E-state index contributed by atoms with van der Waals surface area (Å²) in [7, 11) is 0. The monoisotopic (exact) mass is 351 g/mol. The first-order chi connectivity index (χ1) is 8.56. The molecule has 0 amide bonds. The number of hydrogen-bond donors (Lipinski definition) is 2. The second kappa shape index (κ2) is 4.72. The van der Waals surface area contributed by atoms with Gasteiger partial charge in [0.1, 0.15) is 4.34 Å². The van der Waals surface area contributed by atoms with E-state index in [9.17, 15) is 5.11 Å². The molecule has 2 aliphatic heterocycles. The van der Waals surface area contributed by atoms with Gasteiger partial charge in [0, 0.05) is 21.3 Å². The van der Waals surface area contributed by atoms with E-state index in [1.165, 1.54) is 11.3 Å². The van der Waals surface area contributed by atoms with Gasteiger partial charge in [0.2, 0.25) is 0 Å². The van der Waals surface area contributed by atoms with E-state index in [4.69, 9.17) is 22.1 Å². The van der Waals surface area contributed by atoms with Crippen LogP contribution in [0.1, 0.15) is 30.2 Å². The Bertz CT molecular complexity index is 449. The largest absolute Gasteiger partial charge is 0.387 e. The quantitative estimate of drug-likeness (QED) is 0.879. The van der Waals surface area contributed by atoms with Crippen molar-refractivity contribution in [2.45, 2.75) is 37.6 Å². The molecule has 1 aromatic heterocycles. The number of thiophene rings is 1. The maximum Gasteiger partial charge on any atom is 0.107 e. The number of fused-ring (bicyclic) bond motifs is 2. The third-order valence-corrected chi connectivity index (χ3v) is 6.74. The SMILES string of the molecule is NCC1(C(O)c2cc(Br)c(Cl)s2)CC2CCC1O2. The van der Waals surface area contributed by atoms with E-state index in [1.807, 2.05) is 6.07 Å². The van der Waals surface area contributed by atoms with Gasteiger partial charge in [-0.15, -0.1) is 11.3 Å². The summed E-state index contributed by atoms with van der Waals surface area (Å²) >= 11 is 10.8. The Morgan fingerprint density at radius 2 is 2.44 bits per heavy atom. The highest BCUT2D eigenvalue weighted by molar-refractivity contribution is 9.10. The second-order valence-corrected chi connectivity index (χ2v) is 7.68. The summed E-state index contributed by atoms with van der Waals surface area (Å²) in [6.45, 7) is 0.447. The average molecular weight is 353 g/mol. The van der Waals surface area contributed by atoms with Crippen LogP contribution in [0.25, 0.3) is 0 Å². The predicted molar refractivity (Wildman–Crippen MR) is 76.0 cm³/mol. The molecule has 0 spiro atoms. The lowest BCUT2D eigenvalue weighted by Crippen LogP contribution is -2.44. The highest BCUT2D eigenvalue weighted by atomic mass is 79.9. The van der Waals surface area contributed by atoms with E-state index in [0.717, 1.165) is 28.6 Å². The van der Waals surface area contributed by atoms with Gasteiger partial charge in [0.05, 0.1) is 18.3 Å². The van der Waals surface area contributed by atoms with Crippen molar-refractivity contribution < 1.29 is 9.84 Å². The van der Waals surface area contributed by atoms with Gasteiger partial charge in [-0.25, -0.2) is 0 Å². The Morgan fingerprint density at radius 1 is 1.67 bits per heavy atom. The molecule has 4 atom stereocenters. The summed E-state index contributed by atoms with van der Waals surface area (Å²) in [6, 6.07) is 1.89. The molecule has 0 aliphatic carbocycles. The van der Waals surface area contributed by atoms with Crippen LogP contribution in [0.2, 0.25) is 4.34 Å². The topological polar surface area (TPSA) is 55.5 Å². The summed E-state index contributed by atoms with van der Waals surface area (Å²) in [4.78, 5) is 0.869. The first-order valence-electron chi connectivity index (χ1n) is 6.05. The van der Waals surface area contributed by atoms with Crippen LogP contribution in [0.3, 0.4) is 0 Å². The summed E-state index contributed by atoms with van der Waals surface area (Å²) in [5, 5.41) is 10.7. The smallest absolute Gasteiger partial charge is 0.107 e. The van der Waals surface area contributed by atoms with E-state index in [1.54, 1.807) is 0 Å². The van der Waals surface area contributed by atoms with Crippen molar-refractivity contribution in [2.24, 2.45) is 11.1 Å². The molecule has 18 heavy (non-hydrogen) atoms. The number of hydrogen-bond acceptors (Lipinski definition) is 4. The zero-order chi connectivity index (χ0) is 12.9. The lowest BCUT2D eigenvalue weighted by molar-refractivity contribution is -0.0245. The van der Waals surface area contributed by atoms with Crippen LogP contribution < -0.4 is 5.73 Å². The number of rotatable bonds is 3. The Balaban J connectivity index is 1.92. The third kappa shape index (κ3) is 1.87. The Labute approximate surface area is 123 Å². The number of nitrogens with two attached hydrogens (primary N) is 1. The molecule has 3 rings (SSSR count). The van der Waals surface area contributed by atoms with Gasteiger partial charge in [-0.2, -0.15) is 0 Å². The molecular weight excluding hydrogens is 338 g/mol. The van der Waals surface area contributed by atoms with Crippen molar-refractivity contribution in [3.05, 3.63) is 19.8 Å². The van der Waals surface area contributed by atoms with Crippen LogP contribution in [0.15, 0.2) is 10.5 Å². The minimum atomic E-state index is -0.591. The van der Waals surface area contributed by atoms with Gasteiger partial charge in [0.15, 0.2) is 0 Å². The maximum atomic E-state index is 10.7. The highest BCUT2D eigenvalue weighted by Crippen LogP contribution is 2.55. The van der Waals surface area contributed by atoms with E-state index in [0.29, 0.717) is 10.9 Å². The van der Waals surface area contributed by atoms with E-state index < -0.39 is 6.10 Å². The Hall–Kier alpha value is 0.350. The van der Waals surface area contributed by atoms with Crippen LogP contribution in [0.4, 0.5) is 0 Å². The predicted octanol–water partition coefficient (Wildman–Crippen LogP) is 3.09. The number of aliphatic hydroxyl groups is 1. The zero-order valence-electron chi connectivity index (χ0n) is 9.73. The first-order valence-corrected chi connectivity index (χ1v) is 8.04. The Kier molecular flexibility index (Phi) is 3.50. The van der Waals surface area contributed by atoms with Crippen molar-refractivity contribution in [2.75, 3.05) is 6.54 Å². The molecule has 2 aliphatic rings. The molecular formula is C12H15BrClNO2S. The van der Waals surface area contributed by atoms with Gasteiger partial charge in [-0.3, -0.25) is 0 Å². The van der Waals surface area contributed by atoms with Gasteiger partial charge >= 0.3 is 0 Å². The molecule has 2 fully saturated rings. The van der Waals surface area contributed by atoms with Gasteiger partial charge < -0.3 is 15.6 Å². The van der Waals surface area contributed by atoms with E-state index in [-0.39, 0.29) is 17.6 Å². The van der Waals surface area contributed by atoms with E-state index >= 15 is 0 Å². The molecule has 3 heterocycles. The van der Waals surface area contributed by atoms with Crippen LogP contribution >= 0.6 is 38.9 Å². The minimum Gasteiger partial charge on any atom is -0.387 e. The standard InChI is InChI=1S/C12H15BrClNO2S/c13-7-3-8(18-11(7)14)10(16)12(5-15)4-6-1-2-9(12)17-6/h3,6,9-10,16H,1-2,4-5,15H2. The Morgan fingerprint density at radius 3 is 2.89 bits per heavy atom. The summed E-state index contributed by atoms with van der Waals surface area (Å²) in [6.07, 6.45) is 2.70. The van der Waals surface area contributed by atoms with Crippen LogP contribution in [0.5, 0.6) is 0 Å². The molecule has 0 radical (unpaired) electrons. The molecule has 4 unspecified atom stereocenters. The molecule has 3 nitrogen and oxygen atoms in total. The fourth-order valence-corrected chi connectivity index (χ4v) is 5.08. The molecule has 6 heteroatoms. The van der Waals surface area contributed by atoms with Crippen molar-refractivity contribution in [1.82, 2.24) is 0 Å². The first kappa shape index (κ1) is 13.3. The molecule has 0 aromatic carbocycles. The normalized spacial score (nSPS) is 36.2. The van der Waals surface area contributed by atoms with Crippen molar-refractivity contribution in [3.63, 3.8) is 0 Å². The fraction of sp³-hybridized carbons (Fsp3) is 0.667. The summed E-state index contributed by atoms with van der Waals surface area (Å²) < 4.78 is 7.38. The average Bonchev–Trinajstić information content (AvgIpc) is 3.04. The fourth-order valence-electron chi connectivity index (χ4n) is 3.23. The zero-order valence-corrected chi connectivity index (χ0v) is 12.9. The molecule has 3 N–H and O–H groups in total. The molecule has 2 bridgehead atoms. The van der Waals surface area contributed by atoms with Crippen molar-refractivity contribution in [1.29, 1.82) is 0 Å². The van der Waals surface area contributed by atoms with E-state index in [2.05, 4.69) is 15.9 Å². The van der Waals surface area contributed by atoms with Crippen LogP contribution in [0, 0.1) is 5.41 Å². The number of aliphatic hydroxyl groups excluding tert-OH is 1. The molecule has 100 valence electrons. The number of halogens is 2. The van der Waals surface area contributed by atoms with Crippen molar-refractivity contribution >= 4 is 38.9 Å². The van der Waals surface area contributed by atoms with Crippen molar-refractivity contribution in [3.8, 4) is 0 Å². The summed E-state index contributed by atoms with van der Waals surface area (Å²) in [5.41, 5.74) is 5.62. The lowest BCUT2D eigenvalue weighted by Gasteiger charge is -2.38. The van der Waals surface area contributed by atoms with Gasteiger partial charge in [0.25, 0.3) is 0 Å². The van der Waals surface area contributed by atoms with Gasteiger partial charge in [-0.05, 0) is 41.3 Å². The van der Waals surface area contributed by atoms with Gasteiger partial charge in [-0.1, -0.05) is 11.6 Å². The van der Waals surface area contributed by atoms with Crippen LogP contribution in [-0.2, 0) is 4.74 Å². The number of ether oxygens (including phenoxy) is 1.